The van der Waals surface area contributed by atoms with Gasteiger partial charge in [-0.1, -0.05) is 12.1 Å². The third-order valence-electron chi connectivity index (χ3n) is 3.84. The van der Waals surface area contributed by atoms with E-state index in [0.717, 1.165) is 0 Å². The average molecular weight is 437 g/mol. The topological polar surface area (TPSA) is 118 Å². The van der Waals surface area contributed by atoms with Gasteiger partial charge in [0.1, 0.15) is 6.61 Å². The Bertz CT molecular complexity index is 1050. The number of hydrogen-bond acceptors (Lipinski definition) is 8. The van der Waals surface area contributed by atoms with Gasteiger partial charge < -0.3 is 13.9 Å². The Balaban J connectivity index is 1.52. The second kappa shape index (κ2) is 9.34. The summed E-state index contributed by atoms with van der Waals surface area (Å²) in [6.45, 7) is -1.92. The van der Waals surface area contributed by atoms with E-state index in [2.05, 4.69) is 14.9 Å². The molecule has 31 heavy (non-hydrogen) atoms. The summed E-state index contributed by atoms with van der Waals surface area (Å²) in [7, 11) is 0. The van der Waals surface area contributed by atoms with E-state index in [1.807, 2.05) is 0 Å². The minimum atomic E-state index is -4.41. The molecule has 0 saturated heterocycles. The molecule has 0 bridgehead atoms. The largest absolute Gasteiger partial charge is 0.452 e. The molecular weight excluding hydrogens is 423 g/mol. The first-order valence-electron chi connectivity index (χ1n) is 8.69. The molecule has 1 aromatic heterocycles. The summed E-state index contributed by atoms with van der Waals surface area (Å²) in [6, 6.07) is 11.2. The van der Waals surface area contributed by atoms with E-state index in [9.17, 15) is 28.1 Å². The molecule has 0 aliphatic heterocycles. The molecule has 0 fully saturated rings. The maximum Gasteiger partial charge on any atom is 0.411 e. The fraction of sp³-hybridized carbons (Fsp3) is 0.211. The van der Waals surface area contributed by atoms with E-state index in [-0.39, 0.29) is 36.2 Å². The highest BCUT2D eigenvalue weighted by Gasteiger charge is 2.27. The molecule has 1 heterocycles. The Hall–Kier alpha value is -3.80. The fourth-order valence-electron chi connectivity index (χ4n) is 2.39. The Labute approximate surface area is 172 Å². The van der Waals surface area contributed by atoms with Gasteiger partial charge in [-0.15, -0.1) is 10.2 Å². The van der Waals surface area contributed by atoms with Crippen LogP contribution < -0.4 is 0 Å². The molecule has 0 radical (unpaired) electrons. The van der Waals surface area contributed by atoms with E-state index >= 15 is 0 Å². The number of alkyl halides is 3. The lowest BCUT2D eigenvalue weighted by atomic mass is 10.1. The number of carbonyl (C=O) groups is 1. The van der Waals surface area contributed by atoms with Gasteiger partial charge in [0.2, 0.25) is 5.89 Å². The Kier molecular flexibility index (Phi) is 6.60. The first kappa shape index (κ1) is 21.9. The van der Waals surface area contributed by atoms with Crippen LogP contribution in [0.25, 0.3) is 11.5 Å². The number of halogens is 3. The van der Waals surface area contributed by atoms with Crippen molar-refractivity contribution in [3.63, 3.8) is 0 Å². The molecule has 0 saturated carbocycles. The lowest BCUT2D eigenvalue weighted by molar-refractivity contribution is -0.384. The van der Waals surface area contributed by atoms with Gasteiger partial charge >= 0.3 is 12.1 Å². The molecule has 0 spiro atoms. The highest BCUT2D eigenvalue weighted by molar-refractivity contribution is 5.89. The average Bonchev–Trinajstić information content (AvgIpc) is 3.21. The molecule has 3 rings (SSSR count). The molecule has 0 aliphatic carbocycles. The number of non-ortho nitro benzene ring substituents is 1. The van der Waals surface area contributed by atoms with Crippen LogP contribution in [0.3, 0.4) is 0 Å². The molecule has 162 valence electrons. The number of aromatic nitrogens is 2. The maximum absolute atomic E-state index is 12.1. The van der Waals surface area contributed by atoms with Crippen molar-refractivity contribution >= 4 is 11.7 Å². The number of ether oxygens (including phenoxy) is 2. The molecule has 12 heteroatoms. The third kappa shape index (κ3) is 6.34. The zero-order valence-electron chi connectivity index (χ0n) is 15.7. The number of esters is 1. The summed E-state index contributed by atoms with van der Waals surface area (Å²) in [6.07, 6.45) is -4.41. The SMILES string of the molecule is O=C(OCc1nnc(-c2ccc([N+](=O)[O-])cc2)o1)c1ccc(COCC(F)(F)F)cc1. The highest BCUT2D eigenvalue weighted by atomic mass is 19.4. The summed E-state index contributed by atoms with van der Waals surface area (Å²) in [5, 5.41) is 18.2. The van der Waals surface area contributed by atoms with Crippen molar-refractivity contribution in [2.24, 2.45) is 0 Å². The Morgan fingerprint density at radius 1 is 1.03 bits per heavy atom. The Morgan fingerprint density at radius 3 is 2.32 bits per heavy atom. The summed E-state index contributed by atoms with van der Waals surface area (Å²) < 4.78 is 51.2. The molecular formula is C19H14F3N3O6. The van der Waals surface area contributed by atoms with Crippen LogP contribution in [-0.2, 0) is 22.7 Å². The monoisotopic (exact) mass is 437 g/mol. The molecule has 0 unspecified atom stereocenters. The number of nitro groups is 1. The molecule has 0 N–H and O–H groups in total. The molecule has 0 amide bonds. The first-order valence-corrected chi connectivity index (χ1v) is 8.69. The predicted octanol–water partition coefficient (Wildman–Crippen LogP) is 4.08. The van der Waals surface area contributed by atoms with Gasteiger partial charge in [-0.3, -0.25) is 10.1 Å². The van der Waals surface area contributed by atoms with Crippen molar-refractivity contribution in [3.8, 4) is 11.5 Å². The molecule has 2 aromatic carbocycles. The Morgan fingerprint density at radius 2 is 1.71 bits per heavy atom. The van der Waals surface area contributed by atoms with Gasteiger partial charge in [0, 0.05) is 17.7 Å². The van der Waals surface area contributed by atoms with Crippen LogP contribution >= 0.6 is 0 Å². The fourth-order valence-corrected chi connectivity index (χ4v) is 2.39. The van der Waals surface area contributed by atoms with Crippen molar-refractivity contribution in [2.75, 3.05) is 6.61 Å². The van der Waals surface area contributed by atoms with Gasteiger partial charge in [-0.05, 0) is 29.8 Å². The number of rotatable bonds is 8. The van der Waals surface area contributed by atoms with Gasteiger partial charge in [0.15, 0.2) is 6.61 Å². The second-order valence-electron chi connectivity index (χ2n) is 6.19. The number of carbonyl (C=O) groups excluding carboxylic acids is 1. The van der Waals surface area contributed by atoms with Gasteiger partial charge in [0.25, 0.3) is 11.6 Å². The molecule has 9 nitrogen and oxygen atoms in total. The van der Waals surface area contributed by atoms with Gasteiger partial charge in [-0.2, -0.15) is 13.2 Å². The number of nitrogens with zero attached hydrogens (tertiary/aromatic N) is 3. The number of nitro benzene ring substituents is 1. The highest BCUT2D eigenvalue weighted by Crippen LogP contribution is 2.21. The minimum absolute atomic E-state index is 0.0128. The summed E-state index contributed by atoms with van der Waals surface area (Å²) in [4.78, 5) is 22.2. The normalized spacial score (nSPS) is 11.3. The van der Waals surface area contributed by atoms with Crippen molar-refractivity contribution < 1.29 is 36.8 Å². The van der Waals surface area contributed by atoms with Gasteiger partial charge in [0.05, 0.1) is 17.1 Å². The zero-order valence-corrected chi connectivity index (χ0v) is 15.7. The van der Waals surface area contributed by atoms with E-state index in [0.29, 0.717) is 11.1 Å². The van der Waals surface area contributed by atoms with Crippen LogP contribution in [0.1, 0.15) is 21.8 Å². The van der Waals surface area contributed by atoms with E-state index in [1.54, 1.807) is 0 Å². The third-order valence-corrected chi connectivity index (χ3v) is 3.84. The number of hydrogen-bond donors (Lipinski definition) is 0. The molecule has 3 aromatic rings. The number of benzene rings is 2. The van der Waals surface area contributed by atoms with Crippen molar-refractivity contribution in [3.05, 3.63) is 75.7 Å². The van der Waals surface area contributed by atoms with Crippen LogP contribution in [0.15, 0.2) is 52.9 Å². The predicted molar refractivity (Wildman–Crippen MR) is 97.7 cm³/mol. The van der Waals surface area contributed by atoms with Crippen molar-refractivity contribution in [2.45, 2.75) is 19.4 Å². The smallest absolute Gasteiger partial charge is 0.411 e. The van der Waals surface area contributed by atoms with Crippen LogP contribution in [-0.4, -0.2) is 33.9 Å². The van der Waals surface area contributed by atoms with Gasteiger partial charge in [-0.25, -0.2) is 4.79 Å². The maximum atomic E-state index is 12.1. The van der Waals surface area contributed by atoms with E-state index in [4.69, 9.17) is 9.15 Å². The van der Waals surface area contributed by atoms with Crippen molar-refractivity contribution in [1.29, 1.82) is 0 Å². The quantitative estimate of drug-likeness (QED) is 0.294. The lowest BCUT2D eigenvalue weighted by Gasteiger charge is -2.08. The van der Waals surface area contributed by atoms with Crippen LogP contribution in [0, 0.1) is 10.1 Å². The minimum Gasteiger partial charge on any atom is -0.452 e. The lowest BCUT2D eigenvalue weighted by Crippen LogP contribution is -2.16. The molecule has 0 atom stereocenters. The summed E-state index contributed by atoms with van der Waals surface area (Å²) >= 11 is 0. The van der Waals surface area contributed by atoms with Crippen LogP contribution in [0.2, 0.25) is 0 Å². The first-order chi connectivity index (χ1) is 14.7. The van der Waals surface area contributed by atoms with E-state index in [1.165, 1.54) is 48.5 Å². The van der Waals surface area contributed by atoms with Crippen molar-refractivity contribution in [1.82, 2.24) is 10.2 Å². The summed E-state index contributed by atoms with van der Waals surface area (Å²) in [5.41, 5.74) is 1.01. The summed E-state index contributed by atoms with van der Waals surface area (Å²) in [5.74, 6) is -0.583. The van der Waals surface area contributed by atoms with Crippen LogP contribution in [0.4, 0.5) is 18.9 Å². The van der Waals surface area contributed by atoms with Crippen LogP contribution in [0.5, 0.6) is 0 Å². The van der Waals surface area contributed by atoms with E-state index < -0.39 is 23.7 Å². The molecule has 0 aliphatic rings. The second-order valence-corrected chi connectivity index (χ2v) is 6.19. The standard InChI is InChI=1S/C19H14F3N3O6/c20-19(21,22)11-29-9-12-1-3-14(4-2-12)18(26)30-10-16-23-24-17(31-16)13-5-7-15(8-6-13)25(27)28/h1-8H,9-11H2. The zero-order chi connectivity index (χ0) is 22.4.